The maximum Gasteiger partial charge on any atom is 0.200 e. The van der Waals surface area contributed by atoms with Crippen molar-refractivity contribution in [3.63, 3.8) is 0 Å². The highest BCUT2D eigenvalue weighted by atomic mass is 16.3. The average molecular weight is 392 g/mol. The maximum absolute atomic E-state index is 5.68. The molecule has 0 N–H and O–H groups in total. The van der Waals surface area contributed by atoms with Gasteiger partial charge in [-0.05, 0) is 49.6 Å². The molecule has 0 atom stereocenters. The Bertz CT molecular complexity index is 952. The molecular weight excluding hydrogens is 362 g/mol. The van der Waals surface area contributed by atoms with Gasteiger partial charge in [0.25, 0.3) is 0 Å². The lowest BCUT2D eigenvalue weighted by Gasteiger charge is -2.48. The summed E-state index contributed by atoms with van der Waals surface area (Å²) in [5, 5.41) is 9.02. The third-order valence-corrected chi connectivity index (χ3v) is 6.55. The number of furan rings is 1. The fraction of sp³-hybridized carbons (Fsp3) is 0.478. The summed E-state index contributed by atoms with van der Waals surface area (Å²) in [5.74, 6) is 2.74. The third kappa shape index (κ3) is 3.40. The second-order valence-corrected chi connectivity index (χ2v) is 8.60. The molecule has 0 unspecified atom stereocenters. The highest BCUT2D eigenvalue weighted by Gasteiger charge is 2.43. The van der Waals surface area contributed by atoms with Crippen molar-refractivity contribution in [2.75, 3.05) is 26.7 Å². The number of nitrogens with zero attached hydrogens (tertiary/aromatic N) is 5. The van der Waals surface area contributed by atoms with E-state index >= 15 is 0 Å². The van der Waals surface area contributed by atoms with E-state index in [1.54, 1.807) is 6.26 Å². The van der Waals surface area contributed by atoms with Crippen LogP contribution in [0.2, 0.25) is 0 Å². The molecule has 1 spiro atoms. The molecule has 0 aliphatic carbocycles. The molecule has 2 aliphatic heterocycles. The summed E-state index contributed by atoms with van der Waals surface area (Å²) in [6, 6.07) is 13.0. The summed E-state index contributed by atoms with van der Waals surface area (Å²) < 4.78 is 8.06. The monoisotopic (exact) mass is 391 g/mol. The minimum Gasteiger partial charge on any atom is -0.461 e. The SMILES string of the molecule is CCc1ccc(CN2CCC3(CC2)CN(C)Cc2nnc(-c4ccco4)n23)cc1. The Hall–Kier alpha value is -2.44. The number of hydrogen-bond donors (Lipinski definition) is 0. The van der Waals surface area contributed by atoms with Gasteiger partial charge < -0.3 is 4.42 Å². The van der Waals surface area contributed by atoms with E-state index in [0.717, 1.165) is 69.4 Å². The first kappa shape index (κ1) is 18.6. The highest BCUT2D eigenvalue weighted by Crippen LogP contribution is 2.39. The van der Waals surface area contributed by atoms with Gasteiger partial charge in [-0.1, -0.05) is 31.2 Å². The molecule has 0 amide bonds. The van der Waals surface area contributed by atoms with Gasteiger partial charge in [0.2, 0.25) is 0 Å². The summed E-state index contributed by atoms with van der Waals surface area (Å²) in [6.07, 6.45) is 5.01. The van der Waals surface area contributed by atoms with Crippen LogP contribution in [0.15, 0.2) is 47.1 Å². The van der Waals surface area contributed by atoms with Gasteiger partial charge in [0.15, 0.2) is 11.6 Å². The number of fused-ring (bicyclic) bond motifs is 2. The largest absolute Gasteiger partial charge is 0.461 e. The highest BCUT2D eigenvalue weighted by molar-refractivity contribution is 5.48. The predicted octanol–water partition coefficient (Wildman–Crippen LogP) is 3.54. The minimum atomic E-state index is 0.0382. The minimum absolute atomic E-state index is 0.0382. The second kappa shape index (κ2) is 7.43. The molecule has 0 saturated carbocycles. The van der Waals surface area contributed by atoms with Crippen molar-refractivity contribution in [1.29, 1.82) is 0 Å². The zero-order chi connectivity index (χ0) is 19.8. The van der Waals surface area contributed by atoms with Crippen LogP contribution >= 0.6 is 0 Å². The van der Waals surface area contributed by atoms with Crippen LogP contribution in [0.25, 0.3) is 11.6 Å². The first-order valence-corrected chi connectivity index (χ1v) is 10.6. The standard InChI is InChI=1S/C23H29N5O/c1-3-18-6-8-19(9-7-18)15-27-12-10-23(11-13-27)17-26(2)16-21-24-25-22(28(21)23)20-5-4-14-29-20/h4-9,14H,3,10-13,15-17H2,1-2H3. The van der Waals surface area contributed by atoms with E-state index in [2.05, 4.69) is 62.8 Å². The van der Waals surface area contributed by atoms with Crippen LogP contribution in [0, 0.1) is 0 Å². The molecular formula is C23H29N5O. The number of likely N-dealkylation sites (tertiary alicyclic amines) is 1. The Morgan fingerprint density at radius 2 is 1.79 bits per heavy atom. The molecule has 6 nitrogen and oxygen atoms in total. The number of piperidine rings is 1. The second-order valence-electron chi connectivity index (χ2n) is 8.60. The van der Waals surface area contributed by atoms with Crippen LogP contribution in [-0.2, 0) is 25.0 Å². The van der Waals surface area contributed by atoms with Crippen LogP contribution in [0.5, 0.6) is 0 Å². The topological polar surface area (TPSA) is 50.3 Å². The molecule has 0 bridgehead atoms. The van der Waals surface area contributed by atoms with Crippen molar-refractivity contribution in [3.8, 4) is 11.6 Å². The molecule has 29 heavy (non-hydrogen) atoms. The molecule has 4 heterocycles. The molecule has 1 saturated heterocycles. The molecule has 1 aromatic carbocycles. The van der Waals surface area contributed by atoms with E-state index in [0.29, 0.717) is 0 Å². The summed E-state index contributed by atoms with van der Waals surface area (Å²) in [7, 11) is 2.19. The fourth-order valence-corrected chi connectivity index (χ4v) is 5.00. The predicted molar refractivity (Wildman–Crippen MR) is 112 cm³/mol. The lowest BCUT2D eigenvalue weighted by molar-refractivity contribution is 0.0488. The van der Waals surface area contributed by atoms with Gasteiger partial charge in [0.05, 0.1) is 18.3 Å². The van der Waals surface area contributed by atoms with Crippen LogP contribution in [0.4, 0.5) is 0 Å². The summed E-state index contributed by atoms with van der Waals surface area (Å²) in [4.78, 5) is 4.96. The maximum atomic E-state index is 5.68. The van der Waals surface area contributed by atoms with Gasteiger partial charge >= 0.3 is 0 Å². The smallest absolute Gasteiger partial charge is 0.200 e. The van der Waals surface area contributed by atoms with Gasteiger partial charge in [-0.25, -0.2) is 0 Å². The van der Waals surface area contributed by atoms with E-state index in [4.69, 9.17) is 4.42 Å². The van der Waals surface area contributed by atoms with E-state index in [-0.39, 0.29) is 5.54 Å². The van der Waals surface area contributed by atoms with Gasteiger partial charge in [0, 0.05) is 26.2 Å². The zero-order valence-corrected chi connectivity index (χ0v) is 17.3. The number of likely N-dealkylation sites (N-methyl/N-ethyl adjacent to an activating group) is 1. The molecule has 152 valence electrons. The molecule has 5 rings (SSSR count). The Labute approximate surface area is 172 Å². The van der Waals surface area contributed by atoms with E-state index in [1.165, 1.54) is 11.1 Å². The lowest BCUT2D eigenvalue weighted by Crippen LogP contribution is -2.55. The van der Waals surface area contributed by atoms with Gasteiger partial charge in [-0.2, -0.15) is 0 Å². The van der Waals surface area contributed by atoms with Crippen LogP contribution in [-0.4, -0.2) is 51.2 Å². The lowest BCUT2D eigenvalue weighted by atomic mass is 9.84. The quantitative estimate of drug-likeness (QED) is 0.681. The van der Waals surface area contributed by atoms with Crippen LogP contribution < -0.4 is 0 Å². The molecule has 0 radical (unpaired) electrons. The zero-order valence-electron chi connectivity index (χ0n) is 17.3. The van der Waals surface area contributed by atoms with E-state index < -0.39 is 0 Å². The van der Waals surface area contributed by atoms with Crippen molar-refractivity contribution in [1.82, 2.24) is 24.6 Å². The summed E-state index contributed by atoms with van der Waals surface area (Å²) in [5.41, 5.74) is 2.85. The number of aromatic nitrogens is 3. The molecule has 2 aromatic heterocycles. The molecule has 3 aromatic rings. The van der Waals surface area contributed by atoms with Crippen molar-refractivity contribution in [3.05, 3.63) is 59.6 Å². The van der Waals surface area contributed by atoms with Crippen molar-refractivity contribution < 1.29 is 4.42 Å². The third-order valence-electron chi connectivity index (χ3n) is 6.55. The molecule has 2 aliphatic rings. The van der Waals surface area contributed by atoms with Crippen LogP contribution in [0.3, 0.4) is 0 Å². The molecule has 6 heteroatoms. The Balaban J connectivity index is 1.37. The van der Waals surface area contributed by atoms with E-state index in [9.17, 15) is 0 Å². The Morgan fingerprint density at radius 1 is 1.03 bits per heavy atom. The van der Waals surface area contributed by atoms with Crippen LogP contribution in [0.1, 0.15) is 36.7 Å². The van der Waals surface area contributed by atoms with E-state index in [1.807, 2.05) is 12.1 Å². The Morgan fingerprint density at radius 3 is 2.48 bits per heavy atom. The van der Waals surface area contributed by atoms with Crippen molar-refractivity contribution in [2.45, 2.75) is 44.8 Å². The number of aryl methyl sites for hydroxylation is 1. The first-order valence-electron chi connectivity index (χ1n) is 10.6. The summed E-state index contributed by atoms with van der Waals surface area (Å²) in [6.45, 7) is 7.26. The van der Waals surface area contributed by atoms with Crippen molar-refractivity contribution in [2.24, 2.45) is 0 Å². The average Bonchev–Trinajstić information content (AvgIpc) is 3.40. The van der Waals surface area contributed by atoms with Gasteiger partial charge in [-0.3, -0.25) is 14.4 Å². The normalized spacial score (nSPS) is 19.5. The number of rotatable bonds is 4. The fourth-order valence-electron chi connectivity index (χ4n) is 5.00. The first-order chi connectivity index (χ1) is 14.2. The molecule has 1 fully saturated rings. The summed E-state index contributed by atoms with van der Waals surface area (Å²) >= 11 is 0. The van der Waals surface area contributed by atoms with Crippen molar-refractivity contribution >= 4 is 0 Å². The van der Waals surface area contributed by atoms with Gasteiger partial charge in [-0.15, -0.1) is 10.2 Å². The number of hydrogen-bond acceptors (Lipinski definition) is 5. The number of benzene rings is 1. The Kier molecular flexibility index (Phi) is 4.76. The van der Waals surface area contributed by atoms with Gasteiger partial charge in [0.1, 0.15) is 5.82 Å².